The monoisotopic (exact) mass is 221 g/mol. The number of unbranched alkanes of at least 4 members (excludes halogenated alkanes) is 3. The van der Waals surface area contributed by atoms with Crippen LogP contribution in [0.5, 0.6) is 0 Å². The van der Waals surface area contributed by atoms with Crippen molar-refractivity contribution in [3.05, 3.63) is 42.8 Å². The Hall–Kier alpha value is -1.35. The highest BCUT2D eigenvalue weighted by Crippen LogP contribution is 2.03. The van der Waals surface area contributed by atoms with Crippen molar-refractivity contribution in [2.45, 2.75) is 25.7 Å². The molecule has 1 aromatic carbocycles. The molecular formula is C13H17O3. The Bertz CT molecular complexity index is 295. The Morgan fingerprint density at radius 2 is 1.88 bits per heavy atom. The number of hydrogen-bond acceptors (Lipinski definition) is 3. The summed E-state index contributed by atoms with van der Waals surface area (Å²) < 4.78 is 0. The zero-order valence-electron chi connectivity index (χ0n) is 9.35. The average Bonchev–Trinajstić information content (AvgIpc) is 2.34. The van der Waals surface area contributed by atoms with Gasteiger partial charge in [-0.05, 0) is 18.6 Å². The van der Waals surface area contributed by atoms with Gasteiger partial charge in [-0.1, -0.05) is 44.4 Å². The zero-order chi connectivity index (χ0) is 11.6. The van der Waals surface area contributed by atoms with E-state index in [-0.39, 0.29) is 0 Å². The third-order valence-electron chi connectivity index (χ3n) is 2.12. The van der Waals surface area contributed by atoms with Crippen LogP contribution < -0.4 is 0 Å². The molecule has 0 amide bonds. The van der Waals surface area contributed by atoms with E-state index in [1.165, 1.54) is 0 Å². The molecule has 1 rings (SSSR count). The minimum Gasteiger partial charge on any atom is -0.293 e. The molecule has 0 atom stereocenters. The van der Waals surface area contributed by atoms with Crippen LogP contribution in [0.2, 0.25) is 0 Å². The van der Waals surface area contributed by atoms with Gasteiger partial charge in [-0.25, -0.2) is 4.79 Å². The van der Waals surface area contributed by atoms with Gasteiger partial charge in [-0.15, -0.1) is 0 Å². The lowest BCUT2D eigenvalue weighted by Crippen LogP contribution is -2.06. The van der Waals surface area contributed by atoms with E-state index in [0.29, 0.717) is 12.2 Å². The molecule has 0 N–H and O–H groups in total. The summed E-state index contributed by atoms with van der Waals surface area (Å²) in [6, 6.07) is 8.79. The van der Waals surface area contributed by atoms with E-state index in [0.717, 1.165) is 25.7 Å². The maximum Gasteiger partial charge on any atom is 0.373 e. The molecule has 0 bridgehead atoms. The highest BCUT2D eigenvalue weighted by Gasteiger charge is 2.06. The molecule has 3 nitrogen and oxygen atoms in total. The molecular weight excluding hydrogens is 204 g/mol. The van der Waals surface area contributed by atoms with Crippen LogP contribution >= 0.6 is 0 Å². The van der Waals surface area contributed by atoms with Crippen LogP contribution in [0.25, 0.3) is 0 Å². The molecule has 3 heteroatoms. The molecule has 16 heavy (non-hydrogen) atoms. The maximum atomic E-state index is 11.4. The molecule has 0 saturated heterocycles. The van der Waals surface area contributed by atoms with Crippen molar-refractivity contribution in [2.75, 3.05) is 6.61 Å². The quantitative estimate of drug-likeness (QED) is 0.403. The van der Waals surface area contributed by atoms with Gasteiger partial charge in [-0.3, -0.25) is 4.89 Å². The van der Waals surface area contributed by atoms with Gasteiger partial charge in [0.1, 0.15) is 0 Å². The van der Waals surface area contributed by atoms with Crippen LogP contribution in [0.4, 0.5) is 0 Å². The fourth-order valence-corrected chi connectivity index (χ4v) is 1.23. The molecule has 0 aliphatic carbocycles. The van der Waals surface area contributed by atoms with Crippen LogP contribution in [-0.4, -0.2) is 12.6 Å². The topological polar surface area (TPSA) is 35.5 Å². The van der Waals surface area contributed by atoms with E-state index < -0.39 is 5.97 Å². The molecule has 0 spiro atoms. The maximum absolute atomic E-state index is 11.4. The summed E-state index contributed by atoms with van der Waals surface area (Å²) in [5, 5.41) is 0. The van der Waals surface area contributed by atoms with Gasteiger partial charge in [0.15, 0.2) is 0 Å². The van der Waals surface area contributed by atoms with Crippen molar-refractivity contribution in [3.8, 4) is 0 Å². The van der Waals surface area contributed by atoms with Crippen LogP contribution in [0.3, 0.4) is 0 Å². The average molecular weight is 221 g/mol. The van der Waals surface area contributed by atoms with Crippen molar-refractivity contribution in [1.29, 1.82) is 0 Å². The molecule has 0 fully saturated rings. The molecule has 1 aromatic rings. The molecule has 0 saturated carbocycles. The smallest absolute Gasteiger partial charge is 0.293 e. The predicted molar refractivity (Wildman–Crippen MR) is 61.6 cm³/mol. The van der Waals surface area contributed by atoms with Gasteiger partial charge < -0.3 is 0 Å². The van der Waals surface area contributed by atoms with Gasteiger partial charge in [0, 0.05) is 0 Å². The SMILES string of the molecule is [CH2]CCCCCOOC(=O)c1ccccc1. The Morgan fingerprint density at radius 3 is 2.56 bits per heavy atom. The first-order valence-electron chi connectivity index (χ1n) is 5.52. The van der Waals surface area contributed by atoms with Gasteiger partial charge in [0.2, 0.25) is 0 Å². The van der Waals surface area contributed by atoms with E-state index in [1.54, 1.807) is 24.3 Å². The minimum absolute atomic E-state index is 0.443. The Morgan fingerprint density at radius 1 is 1.12 bits per heavy atom. The minimum atomic E-state index is -0.447. The van der Waals surface area contributed by atoms with Gasteiger partial charge >= 0.3 is 5.97 Å². The molecule has 0 aromatic heterocycles. The standard InChI is InChI=1S/C13H17O3/c1-2-3-4-8-11-15-16-13(14)12-9-6-5-7-10-12/h5-7,9-10H,1-4,8,11H2. The lowest BCUT2D eigenvalue weighted by Gasteiger charge is -2.03. The second-order valence-electron chi connectivity index (χ2n) is 3.47. The van der Waals surface area contributed by atoms with Crippen LogP contribution in [0.1, 0.15) is 36.0 Å². The number of carbonyl (C=O) groups excluding carboxylic acids is 1. The van der Waals surface area contributed by atoms with E-state index in [4.69, 9.17) is 4.89 Å². The molecule has 87 valence electrons. The Labute approximate surface area is 96.3 Å². The summed E-state index contributed by atoms with van der Waals surface area (Å²) >= 11 is 0. The normalized spacial score (nSPS) is 10.1. The lowest BCUT2D eigenvalue weighted by atomic mass is 10.2. The summed E-state index contributed by atoms with van der Waals surface area (Å²) in [4.78, 5) is 20.9. The number of rotatable bonds is 7. The highest BCUT2D eigenvalue weighted by atomic mass is 17.2. The largest absolute Gasteiger partial charge is 0.373 e. The number of carbonyl (C=O) groups is 1. The summed E-state index contributed by atoms with van der Waals surface area (Å²) in [5.74, 6) is -0.447. The summed E-state index contributed by atoms with van der Waals surface area (Å²) in [5.41, 5.74) is 0.500. The number of benzene rings is 1. The highest BCUT2D eigenvalue weighted by molar-refractivity contribution is 5.88. The number of hydrogen-bond donors (Lipinski definition) is 0. The van der Waals surface area contributed by atoms with Crippen molar-refractivity contribution >= 4 is 5.97 Å². The van der Waals surface area contributed by atoms with Crippen molar-refractivity contribution in [3.63, 3.8) is 0 Å². The second kappa shape index (κ2) is 7.88. The third-order valence-corrected chi connectivity index (χ3v) is 2.12. The fourth-order valence-electron chi connectivity index (χ4n) is 1.23. The van der Waals surface area contributed by atoms with E-state index in [9.17, 15) is 4.79 Å². The first-order chi connectivity index (χ1) is 7.84. The van der Waals surface area contributed by atoms with Gasteiger partial charge in [-0.2, -0.15) is 4.89 Å². The van der Waals surface area contributed by atoms with Crippen LogP contribution in [0.15, 0.2) is 30.3 Å². The van der Waals surface area contributed by atoms with E-state index in [1.807, 2.05) is 6.07 Å². The molecule has 1 radical (unpaired) electrons. The molecule has 0 aliphatic rings. The first kappa shape index (κ1) is 12.7. The Kier molecular flexibility index (Phi) is 6.26. The first-order valence-corrected chi connectivity index (χ1v) is 5.52. The van der Waals surface area contributed by atoms with E-state index in [2.05, 4.69) is 11.8 Å². The van der Waals surface area contributed by atoms with Crippen LogP contribution in [0, 0.1) is 6.92 Å². The summed E-state index contributed by atoms with van der Waals surface area (Å²) in [6.07, 6.45) is 3.95. The zero-order valence-corrected chi connectivity index (χ0v) is 9.35. The molecule has 0 unspecified atom stereocenters. The van der Waals surface area contributed by atoms with Crippen molar-refractivity contribution in [2.24, 2.45) is 0 Å². The van der Waals surface area contributed by atoms with Gasteiger partial charge in [0.05, 0.1) is 12.2 Å². The van der Waals surface area contributed by atoms with Gasteiger partial charge in [0.25, 0.3) is 0 Å². The summed E-state index contributed by atoms with van der Waals surface area (Å²) in [6.45, 7) is 4.19. The Balaban J connectivity index is 2.12. The molecule has 0 aliphatic heterocycles. The van der Waals surface area contributed by atoms with Crippen molar-refractivity contribution in [1.82, 2.24) is 0 Å². The third kappa shape index (κ3) is 4.94. The van der Waals surface area contributed by atoms with Crippen LogP contribution in [-0.2, 0) is 9.78 Å². The molecule has 0 heterocycles. The van der Waals surface area contributed by atoms with Crippen molar-refractivity contribution < 1.29 is 14.6 Å². The lowest BCUT2D eigenvalue weighted by molar-refractivity contribution is -0.241. The predicted octanol–water partition coefficient (Wildman–Crippen LogP) is 3.17. The second-order valence-corrected chi connectivity index (χ2v) is 3.47. The fraction of sp³-hybridized carbons (Fsp3) is 0.385. The summed E-state index contributed by atoms with van der Waals surface area (Å²) in [7, 11) is 0. The van der Waals surface area contributed by atoms with E-state index >= 15 is 0 Å².